The number of nitrogens with zero attached hydrogens (tertiary/aromatic N) is 2. The highest BCUT2D eigenvalue weighted by molar-refractivity contribution is 6.01. The van der Waals surface area contributed by atoms with Crippen LogP contribution in [0.3, 0.4) is 0 Å². The average Bonchev–Trinajstić information content (AvgIpc) is 3.63. The van der Waals surface area contributed by atoms with Crippen molar-refractivity contribution in [1.82, 2.24) is 9.13 Å². The van der Waals surface area contributed by atoms with E-state index in [9.17, 15) is 13.6 Å². The lowest BCUT2D eigenvalue weighted by molar-refractivity contribution is -0.135. The van der Waals surface area contributed by atoms with Gasteiger partial charge in [-0.25, -0.2) is 8.78 Å². The van der Waals surface area contributed by atoms with Crippen LogP contribution in [0.1, 0.15) is 28.2 Å². The number of cyclic esters (lactones) is 1. The maximum Gasteiger partial charge on any atom is 0.322 e. The van der Waals surface area contributed by atoms with Crippen molar-refractivity contribution in [1.29, 1.82) is 0 Å². The van der Waals surface area contributed by atoms with Gasteiger partial charge >= 0.3 is 5.97 Å². The quantitative estimate of drug-likeness (QED) is 0.207. The van der Waals surface area contributed by atoms with Crippen LogP contribution in [-0.2, 0) is 22.6 Å². The average molecular weight is 531 g/mol. The molecule has 0 radical (unpaired) electrons. The van der Waals surface area contributed by atoms with Crippen LogP contribution in [-0.4, -0.2) is 15.1 Å². The third kappa shape index (κ3) is 4.28. The zero-order valence-electron chi connectivity index (χ0n) is 21.4. The Hall–Kier alpha value is -4.97. The molecule has 6 aromatic rings. The Morgan fingerprint density at radius 3 is 1.85 bits per heavy atom. The zero-order chi connectivity index (χ0) is 27.2. The Balaban J connectivity index is 1.31. The number of benzene rings is 4. The molecular formula is C34H24F2N2O2. The van der Waals surface area contributed by atoms with Gasteiger partial charge in [-0.2, -0.15) is 0 Å². The number of fused-ring (bicyclic) bond motifs is 2. The molecule has 1 unspecified atom stereocenters. The molecule has 4 nitrogen and oxygen atoms in total. The number of esters is 1. The van der Waals surface area contributed by atoms with E-state index in [0.717, 1.165) is 33.0 Å². The highest BCUT2D eigenvalue weighted by Crippen LogP contribution is 2.40. The molecule has 0 amide bonds. The molecule has 4 aromatic carbocycles. The molecule has 1 aliphatic heterocycles. The minimum Gasteiger partial charge on any atom is -0.425 e. The van der Waals surface area contributed by atoms with E-state index in [-0.39, 0.29) is 11.6 Å². The highest BCUT2D eigenvalue weighted by Gasteiger charge is 2.33. The predicted octanol–water partition coefficient (Wildman–Crippen LogP) is 7.65. The van der Waals surface area contributed by atoms with E-state index in [0.29, 0.717) is 29.9 Å². The molecule has 7 rings (SSSR count). The van der Waals surface area contributed by atoms with E-state index in [4.69, 9.17) is 4.74 Å². The van der Waals surface area contributed by atoms with E-state index >= 15 is 0 Å². The summed E-state index contributed by atoms with van der Waals surface area (Å²) in [6, 6.07) is 29.1. The van der Waals surface area contributed by atoms with Crippen molar-refractivity contribution >= 4 is 33.5 Å². The molecule has 0 saturated carbocycles. The molecule has 0 bridgehead atoms. The van der Waals surface area contributed by atoms with Crippen LogP contribution in [0.2, 0.25) is 0 Å². The lowest BCUT2D eigenvalue weighted by Gasteiger charge is -2.05. The van der Waals surface area contributed by atoms with E-state index in [1.807, 2.05) is 88.3 Å². The first kappa shape index (κ1) is 24.1. The first-order valence-electron chi connectivity index (χ1n) is 13.1. The van der Waals surface area contributed by atoms with E-state index < -0.39 is 11.9 Å². The fourth-order valence-corrected chi connectivity index (χ4v) is 5.61. The first-order chi connectivity index (χ1) is 19.5. The molecule has 40 heavy (non-hydrogen) atoms. The van der Waals surface area contributed by atoms with Crippen LogP contribution in [0.4, 0.5) is 8.78 Å². The third-order valence-electron chi connectivity index (χ3n) is 7.49. The lowest BCUT2D eigenvalue weighted by atomic mass is 9.98. The summed E-state index contributed by atoms with van der Waals surface area (Å²) in [5, 5.41) is 1.59. The van der Waals surface area contributed by atoms with Gasteiger partial charge in [0.1, 0.15) is 23.3 Å². The number of carbonyl (C=O) groups excluding carboxylic acids is 1. The van der Waals surface area contributed by atoms with Crippen LogP contribution >= 0.6 is 0 Å². The molecule has 0 N–H and O–H groups in total. The van der Waals surface area contributed by atoms with E-state index in [1.165, 1.54) is 24.3 Å². The largest absolute Gasteiger partial charge is 0.425 e. The Morgan fingerprint density at radius 1 is 0.675 bits per heavy atom. The van der Waals surface area contributed by atoms with Gasteiger partial charge in [-0.05, 0) is 59.2 Å². The first-order valence-corrected chi connectivity index (χ1v) is 13.1. The maximum absolute atomic E-state index is 14.3. The van der Waals surface area contributed by atoms with Crippen molar-refractivity contribution in [3.8, 4) is 0 Å². The van der Waals surface area contributed by atoms with Gasteiger partial charge in [0.25, 0.3) is 0 Å². The summed E-state index contributed by atoms with van der Waals surface area (Å²) in [7, 11) is 0. The van der Waals surface area contributed by atoms with Gasteiger partial charge in [-0.3, -0.25) is 4.79 Å². The SMILES string of the molecule is O=C1OC(c2cn(Cc3ccccc3)c3cc(F)ccc23)=CC1c1cn(Cc2ccccc2)c2cc(F)ccc12. The second kappa shape index (κ2) is 9.65. The van der Waals surface area contributed by atoms with Crippen molar-refractivity contribution in [3.63, 3.8) is 0 Å². The molecule has 1 atom stereocenters. The van der Waals surface area contributed by atoms with E-state index in [1.54, 1.807) is 12.1 Å². The molecule has 6 heteroatoms. The minimum absolute atomic E-state index is 0.333. The van der Waals surface area contributed by atoms with Crippen molar-refractivity contribution in [2.45, 2.75) is 19.0 Å². The summed E-state index contributed by atoms with van der Waals surface area (Å²) >= 11 is 0. The fraction of sp³-hybridized carbons (Fsp3) is 0.0882. The Bertz CT molecular complexity index is 1920. The summed E-state index contributed by atoms with van der Waals surface area (Å²) < 4.78 is 38.4. The summed E-state index contributed by atoms with van der Waals surface area (Å²) in [6.45, 7) is 1.08. The molecule has 0 aliphatic carbocycles. The summed E-state index contributed by atoms with van der Waals surface area (Å²) in [5.41, 5.74) is 5.05. The molecule has 3 heterocycles. The summed E-state index contributed by atoms with van der Waals surface area (Å²) in [4.78, 5) is 13.3. The number of rotatable bonds is 6. The molecule has 196 valence electrons. The highest BCUT2D eigenvalue weighted by atomic mass is 19.1. The molecule has 2 aromatic heterocycles. The third-order valence-corrected chi connectivity index (χ3v) is 7.49. The Kier molecular flexibility index (Phi) is 5.81. The van der Waals surface area contributed by atoms with E-state index in [2.05, 4.69) is 0 Å². The van der Waals surface area contributed by atoms with Gasteiger partial charge in [0.05, 0.1) is 11.0 Å². The lowest BCUT2D eigenvalue weighted by Crippen LogP contribution is -2.06. The Labute approximate surface area is 229 Å². The maximum atomic E-state index is 14.3. The predicted molar refractivity (Wildman–Crippen MR) is 152 cm³/mol. The van der Waals surface area contributed by atoms with Crippen molar-refractivity contribution in [2.24, 2.45) is 0 Å². The number of ether oxygens (including phenoxy) is 1. The van der Waals surface area contributed by atoms with Crippen LogP contribution in [0, 0.1) is 11.6 Å². The van der Waals surface area contributed by atoms with Crippen LogP contribution < -0.4 is 0 Å². The number of carbonyl (C=O) groups is 1. The minimum atomic E-state index is -0.659. The second-order valence-corrected chi connectivity index (χ2v) is 10.1. The monoisotopic (exact) mass is 530 g/mol. The van der Waals surface area contributed by atoms with Crippen molar-refractivity contribution in [3.05, 3.63) is 149 Å². The van der Waals surface area contributed by atoms with Gasteiger partial charge in [0, 0.05) is 41.8 Å². The molecular weight excluding hydrogens is 506 g/mol. The van der Waals surface area contributed by atoms with Crippen LogP contribution in [0.25, 0.3) is 27.6 Å². The number of aromatic nitrogens is 2. The Morgan fingerprint density at radius 2 is 1.23 bits per heavy atom. The summed E-state index contributed by atoms with van der Waals surface area (Å²) in [5.74, 6) is -1.29. The van der Waals surface area contributed by atoms with Crippen LogP contribution in [0.15, 0.2) is 116 Å². The molecule has 1 aliphatic rings. The number of hydrogen-bond donors (Lipinski definition) is 0. The molecule has 0 fully saturated rings. The normalized spacial score (nSPS) is 15.1. The second-order valence-electron chi connectivity index (χ2n) is 10.1. The van der Waals surface area contributed by atoms with Crippen LogP contribution in [0.5, 0.6) is 0 Å². The van der Waals surface area contributed by atoms with Crippen molar-refractivity contribution < 1.29 is 18.3 Å². The number of hydrogen-bond acceptors (Lipinski definition) is 2. The molecule has 0 spiro atoms. The summed E-state index contributed by atoms with van der Waals surface area (Å²) in [6.07, 6.45) is 5.64. The zero-order valence-corrected chi connectivity index (χ0v) is 21.4. The van der Waals surface area contributed by atoms with Gasteiger partial charge in [0.2, 0.25) is 0 Å². The molecule has 0 saturated heterocycles. The van der Waals surface area contributed by atoms with Gasteiger partial charge < -0.3 is 13.9 Å². The van der Waals surface area contributed by atoms with Crippen molar-refractivity contribution in [2.75, 3.05) is 0 Å². The smallest absolute Gasteiger partial charge is 0.322 e. The van der Waals surface area contributed by atoms with Gasteiger partial charge in [-0.1, -0.05) is 60.7 Å². The fourth-order valence-electron chi connectivity index (χ4n) is 5.61. The van der Waals surface area contributed by atoms with Gasteiger partial charge in [0.15, 0.2) is 0 Å². The number of halogens is 2. The standard InChI is InChI=1S/C34H24F2N2O2/c35-24-11-13-26-29(20-37(31(26)15-24)18-22-7-3-1-4-8-22)28-17-33(40-34(28)39)30-21-38(19-23-9-5-2-6-10-23)32-16-25(36)12-14-27(30)32/h1-17,20-21,28H,18-19H2. The van der Waals surface area contributed by atoms with Gasteiger partial charge in [-0.15, -0.1) is 0 Å². The topological polar surface area (TPSA) is 36.2 Å².